The number of allylic oxidation sites excluding steroid dienone is 2. The summed E-state index contributed by atoms with van der Waals surface area (Å²) in [5.74, 6) is 0.309. The molecule has 260 valence electrons. The van der Waals surface area contributed by atoms with Crippen molar-refractivity contribution < 1.29 is 0 Å². The fraction of sp³-hybridized carbons (Fsp3) is 0.208. The Balaban J connectivity index is 1.05. The SMILES string of the molecule is C=CC(C=C)Cc1ccc(-c2ccc(-c3ccc(-c4ccc(-c5ccc6c(c5)C(CCC)(CCC)c5cc(-c7ccc(C)s7)ccc5-6)s4)s3)s2)cc1. The Morgan fingerprint density at radius 1 is 0.519 bits per heavy atom. The Morgan fingerprint density at radius 3 is 1.40 bits per heavy atom. The zero-order valence-corrected chi connectivity index (χ0v) is 33.5. The molecular formula is C48H44S4. The van der Waals surface area contributed by atoms with E-state index in [1.165, 1.54) is 109 Å². The monoisotopic (exact) mass is 748 g/mol. The Kier molecular flexibility index (Phi) is 9.93. The molecule has 0 aliphatic heterocycles. The van der Waals surface area contributed by atoms with Gasteiger partial charge >= 0.3 is 0 Å². The molecule has 0 unspecified atom stereocenters. The van der Waals surface area contributed by atoms with E-state index in [-0.39, 0.29) is 5.41 Å². The molecule has 4 heterocycles. The van der Waals surface area contributed by atoms with E-state index in [9.17, 15) is 0 Å². The molecule has 7 aromatic rings. The van der Waals surface area contributed by atoms with E-state index in [2.05, 4.69) is 143 Å². The van der Waals surface area contributed by atoms with Crippen LogP contribution in [-0.4, -0.2) is 0 Å². The lowest BCUT2D eigenvalue weighted by Crippen LogP contribution is -2.25. The number of benzene rings is 3. The molecule has 4 aromatic heterocycles. The number of hydrogen-bond acceptors (Lipinski definition) is 4. The van der Waals surface area contributed by atoms with Crippen molar-refractivity contribution in [2.75, 3.05) is 0 Å². The fourth-order valence-corrected chi connectivity index (χ4v) is 12.2. The van der Waals surface area contributed by atoms with Gasteiger partial charge in [0.15, 0.2) is 0 Å². The van der Waals surface area contributed by atoms with Gasteiger partial charge in [0.25, 0.3) is 0 Å². The summed E-state index contributed by atoms with van der Waals surface area (Å²) in [6.45, 7) is 14.8. The molecule has 0 saturated carbocycles. The van der Waals surface area contributed by atoms with Crippen LogP contribution in [0, 0.1) is 12.8 Å². The molecule has 0 bridgehead atoms. The Morgan fingerprint density at radius 2 is 0.942 bits per heavy atom. The summed E-state index contributed by atoms with van der Waals surface area (Å²) < 4.78 is 0. The lowest BCUT2D eigenvalue weighted by atomic mass is 9.71. The van der Waals surface area contributed by atoms with Crippen LogP contribution in [0.25, 0.3) is 62.0 Å². The van der Waals surface area contributed by atoms with Crippen LogP contribution >= 0.6 is 45.3 Å². The third kappa shape index (κ3) is 6.45. The van der Waals surface area contributed by atoms with Gasteiger partial charge in [0.1, 0.15) is 0 Å². The quantitative estimate of drug-likeness (QED) is 0.103. The smallest absolute Gasteiger partial charge is 0.0449 e. The minimum atomic E-state index is 0.0525. The molecule has 1 aliphatic rings. The van der Waals surface area contributed by atoms with Crippen LogP contribution in [0.1, 0.15) is 61.1 Å². The highest BCUT2D eigenvalue weighted by molar-refractivity contribution is 7.27. The first-order valence-electron chi connectivity index (χ1n) is 18.4. The highest BCUT2D eigenvalue weighted by Crippen LogP contribution is 2.56. The normalized spacial score (nSPS) is 13.0. The molecule has 0 N–H and O–H groups in total. The van der Waals surface area contributed by atoms with E-state index in [1.807, 2.05) is 57.5 Å². The molecule has 8 rings (SSSR count). The van der Waals surface area contributed by atoms with Gasteiger partial charge in [-0.3, -0.25) is 0 Å². The highest BCUT2D eigenvalue weighted by atomic mass is 32.1. The number of hydrogen-bond donors (Lipinski definition) is 0. The first-order valence-corrected chi connectivity index (χ1v) is 21.7. The van der Waals surface area contributed by atoms with Gasteiger partial charge in [-0.05, 0) is 137 Å². The van der Waals surface area contributed by atoms with Gasteiger partial charge in [-0.25, -0.2) is 0 Å². The summed E-state index contributed by atoms with van der Waals surface area (Å²) in [4.78, 5) is 10.7. The lowest BCUT2D eigenvalue weighted by Gasteiger charge is -2.32. The second-order valence-corrected chi connectivity index (χ2v) is 18.6. The van der Waals surface area contributed by atoms with Crippen molar-refractivity contribution in [1.29, 1.82) is 0 Å². The van der Waals surface area contributed by atoms with Crippen LogP contribution in [-0.2, 0) is 11.8 Å². The molecule has 0 fully saturated rings. The molecule has 3 aromatic carbocycles. The molecule has 4 heteroatoms. The molecule has 0 spiro atoms. The van der Waals surface area contributed by atoms with Crippen LogP contribution in [0.4, 0.5) is 0 Å². The predicted molar refractivity (Wildman–Crippen MR) is 233 cm³/mol. The zero-order valence-electron chi connectivity index (χ0n) is 30.2. The van der Waals surface area contributed by atoms with E-state index in [4.69, 9.17) is 0 Å². The van der Waals surface area contributed by atoms with Crippen molar-refractivity contribution >= 4 is 45.3 Å². The molecule has 0 saturated heterocycles. The van der Waals surface area contributed by atoms with Gasteiger partial charge in [-0.1, -0.05) is 87.4 Å². The average molecular weight is 749 g/mol. The number of rotatable bonds is 13. The van der Waals surface area contributed by atoms with Gasteiger partial charge in [0.2, 0.25) is 0 Å². The Hall–Kier alpha value is -4.06. The minimum Gasteiger partial charge on any atom is -0.141 e. The molecule has 0 amide bonds. The van der Waals surface area contributed by atoms with Gasteiger partial charge in [0, 0.05) is 44.4 Å². The maximum absolute atomic E-state index is 3.94. The average Bonchev–Trinajstić information content (AvgIpc) is 4.02. The van der Waals surface area contributed by atoms with Crippen molar-refractivity contribution in [3.05, 3.63) is 156 Å². The standard InChI is InChI=1S/C48H44S4/c1-6-26-48(27-7-2)39-29-35(42-19-10-31(5)49-42)15-17-37(39)38-18-16-36(30-40(38)48)43-21-23-45(51-43)47-25-24-46(52-47)44-22-20-41(50-44)34-13-11-33(12-14-34)28-32(8-3)9-4/h8-25,29-30,32H,3-4,6-7,26-28H2,1-2,5H3. The summed E-state index contributed by atoms with van der Waals surface area (Å²) >= 11 is 7.59. The molecule has 0 radical (unpaired) electrons. The number of aryl methyl sites for hydroxylation is 1. The molecule has 0 nitrogen and oxygen atoms in total. The second kappa shape index (κ2) is 14.8. The van der Waals surface area contributed by atoms with E-state index in [1.54, 1.807) is 0 Å². The van der Waals surface area contributed by atoms with E-state index in [0.29, 0.717) is 5.92 Å². The van der Waals surface area contributed by atoms with Crippen LogP contribution in [0.5, 0.6) is 0 Å². The third-order valence-electron chi connectivity index (χ3n) is 10.6. The molecule has 52 heavy (non-hydrogen) atoms. The van der Waals surface area contributed by atoms with Crippen molar-refractivity contribution in [1.82, 2.24) is 0 Å². The number of thiophene rings is 4. The van der Waals surface area contributed by atoms with Crippen LogP contribution in [0.2, 0.25) is 0 Å². The molecule has 0 atom stereocenters. The third-order valence-corrected chi connectivity index (χ3v) is 15.4. The fourth-order valence-electron chi connectivity index (χ4n) is 8.10. The van der Waals surface area contributed by atoms with Crippen LogP contribution < -0.4 is 0 Å². The Labute approximate surface area is 325 Å². The van der Waals surface area contributed by atoms with Gasteiger partial charge in [-0.2, -0.15) is 0 Å². The molecular weight excluding hydrogens is 705 g/mol. The first kappa shape index (κ1) is 35.0. The van der Waals surface area contributed by atoms with Gasteiger partial charge in [0.05, 0.1) is 0 Å². The van der Waals surface area contributed by atoms with Crippen LogP contribution in [0.15, 0.2) is 135 Å². The topological polar surface area (TPSA) is 0 Å². The van der Waals surface area contributed by atoms with E-state index >= 15 is 0 Å². The second-order valence-electron chi connectivity index (χ2n) is 14.0. The summed E-state index contributed by atoms with van der Waals surface area (Å²) in [6.07, 6.45) is 9.57. The minimum absolute atomic E-state index is 0.0525. The summed E-state index contributed by atoms with van der Waals surface area (Å²) in [5, 5.41) is 0. The number of fused-ring (bicyclic) bond motifs is 3. The van der Waals surface area contributed by atoms with Gasteiger partial charge in [-0.15, -0.1) is 58.5 Å². The zero-order chi connectivity index (χ0) is 35.8. The summed E-state index contributed by atoms with van der Waals surface area (Å²) in [5.41, 5.74) is 11.2. The van der Waals surface area contributed by atoms with Crippen molar-refractivity contribution in [2.45, 2.75) is 58.3 Å². The van der Waals surface area contributed by atoms with Crippen LogP contribution in [0.3, 0.4) is 0 Å². The predicted octanol–water partition coefficient (Wildman–Crippen LogP) is 16.0. The lowest BCUT2D eigenvalue weighted by molar-refractivity contribution is 0.436. The molecule has 1 aliphatic carbocycles. The van der Waals surface area contributed by atoms with Crippen molar-refractivity contribution in [3.63, 3.8) is 0 Å². The van der Waals surface area contributed by atoms with Crippen molar-refractivity contribution in [2.24, 2.45) is 5.92 Å². The maximum Gasteiger partial charge on any atom is 0.0449 e. The first-order chi connectivity index (χ1) is 25.4. The summed E-state index contributed by atoms with van der Waals surface area (Å²) in [6, 6.07) is 41.9. The van der Waals surface area contributed by atoms with Crippen molar-refractivity contribution in [3.8, 4) is 62.0 Å². The summed E-state index contributed by atoms with van der Waals surface area (Å²) in [7, 11) is 0. The maximum atomic E-state index is 3.94. The highest BCUT2D eigenvalue weighted by Gasteiger charge is 2.42. The van der Waals surface area contributed by atoms with E-state index in [0.717, 1.165) is 6.42 Å². The van der Waals surface area contributed by atoms with Gasteiger partial charge < -0.3 is 0 Å². The largest absolute Gasteiger partial charge is 0.141 e. The van der Waals surface area contributed by atoms with E-state index < -0.39 is 0 Å². The Bertz CT molecular complexity index is 2350.